The fourth-order valence-corrected chi connectivity index (χ4v) is 5.10. The third-order valence-electron chi connectivity index (χ3n) is 5.94. The summed E-state index contributed by atoms with van der Waals surface area (Å²) >= 11 is 0. The second-order valence-corrected chi connectivity index (χ2v) is 10.5. The number of carbonyl (C=O) groups is 1. The number of piperidine rings is 1. The molecule has 34 heavy (non-hydrogen) atoms. The van der Waals surface area contributed by atoms with Gasteiger partial charge in [-0.25, -0.2) is 17.9 Å². The van der Waals surface area contributed by atoms with Gasteiger partial charge in [0.15, 0.2) is 0 Å². The van der Waals surface area contributed by atoms with E-state index >= 15 is 0 Å². The van der Waals surface area contributed by atoms with Crippen LogP contribution in [0.3, 0.4) is 0 Å². The lowest BCUT2D eigenvalue weighted by molar-refractivity contribution is 0.0608. The van der Waals surface area contributed by atoms with Crippen LogP contribution < -0.4 is 15.8 Å². The Hall–Kier alpha value is -2.46. The molecule has 8 nitrogen and oxygen atoms in total. The first-order chi connectivity index (χ1) is 16.5. The Kier molecular flexibility index (Phi) is 10.3. The van der Waals surface area contributed by atoms with E-state index in [-0.39, 0.29) is 11.9 Å². The fraction of sp³-hybridized carbons (Fsp3) is 0.480. The standard InChI is InChI=1S/C25H36N4O4S/c26-15-7-2-8-16-27-34(31,32)20-19-29-17-13-22(14-18-29)33-25(30)28-24-12-6-5-11-23(24)21-9-3-1-4-10-21/h1,3-6,9-12,22,27H,2,7-8,13-20,26H2,(H,28,30). The molecule has 0 spiro atoms. The zero-order valence-corrected chi connectivity index (χ0v) is 20.4. The first-order valence-corrected chi connectivity index (χ1v) is 13.6. The van der Waals surface area contributed by atoms with Crippen LogP contribution in [-0.4, -0.2) is 64.0 Å². The Balaban J connectivity index is 1.39. The third-order valence-corrected chi connectivity index (χ3v) is 7.30. The molecular formula is C25H36N4O4S. The number of para-hydroxylation sites is 1. The van der Waals surface area contributed by atoms with Gasteiger partial charge >= 0.3 is 6.09 Å². The number of nitrogens with one attached hydrogen (secondary N) is 2. The van der Waals surface area contributed by atoms with Gasteiger partial charge in [-0.1, -0.05) is 55.0 Å². The Morgan fingerprint density at radius 2 is 1.71 bits per heavy atom. The average molecular weight is 489 g/mol. The van der Waals surface area contributed by atoms with Gasteiger partial charge in [0.1, 0.15) is 6.10 Å². The van der Waals surface area contributed by atoms with Gasteiger partial charge in [-0.3, -0.25) is 5.32 Å². The fourth-order valence-electron chi connectivity index (χ4n) is 4.00. The SMILES string of the molecule is NCCCCCNS(=O)(=O)CCN1CCC(OC(=O)Nc2ccccc2-c2ccccc2)CC1. The zero-order chi connectivity index (χ0) is 24.2. The molecule has 0 aliphatic carbocycles. The van der Waals surface area contributed by atoms with Crippen LogP contribution >= 0.6 is 0 Å². The maximum Gasteiger partial charge on any atom is 0.411 e. The van der Waals surface area contributed by atoms with Gasteiger partial charge in [0.05, 0.1) is 11.4 Å². The Labute approximate surface area is 202 Å². The molecule has 1 heterocycles. The molecular weight excluding hydrogens is 452 g/mol. The number of rotatable bonds is 12. The van der Waals surface area contributed by atoms with E-state index in [0.717, 1.165) is 30.4 Å². The quantitative estimate of drug-likeness (QED) is 0.395. The topological polar surface area (TPSA) is 114 Å². The Morgan fingerprint density at radius 3 is 2.44 bits per heavy atom. The van der Waals surface area contributed by atoms with Crippen molar-refractivity contribution in [1.29, 1.82) is 0 Å². The molecule has 9 heteroatoms. The summed E-state index contributed by atoms with van der Waals surface area (Å²) in [6.45, 7) is 2.96. The molecule has 186 valence electrons. The van der Waals surface area contributed by atoms with E-state index in [1.165, 1.54) is 0 Å². The third kappa shape index (κ3) is 8.72. The molecule has 3 rings (SSSR count). The van der Waals surface area contributed by atoms with Crippen LogP contribution in [0.15, 0.2) is 54.6 Å². The number of benzene rings is 2. The minimum Gasteiger partial charge on any atom is -0.446 e. The van der Waals surface area contributed by atoms with Crippen molar-refractivity contribution in [2.45, 2.75) is 38.2 Å². The first kappa shape index (κ1) is 26.2. The van der Waals surface area contributed by atoms with Crippen molar-refractivity contribution in [1.82, 2.24) is 9.62 Å². The van der Waals surface area contributed by atoms with Crippen molar-refractivity contribution < 1.29 is 17.9 Å². The van der Waals surface area contributed by atoms with E-state index in [2.05, 4.69) is 14.9 Å². The summed E-state index contributed by atoms with van der Waals surface area (Å²) in [6, 6.07) is 17.5. The molecule has 1 amide bonds. The molecule has 1 aliphatic heterocycles. The summed E-state index contributed by atoms with van der Waals surface area (Å²) in [4.78, 5) is 14.6. The van der Waals surface area contributed by atoms with Gasteiger partial charge in [-0.05, 0) is 43.9 Å². The summed E-state index contributed by atoms with van der Waals surface area (Å²) in [6.07, 6.45) is 3.35. The van der Waals surface area contributed by atoms with Crippen molar-refractivity contribution in [2.24, 2.45) is 5.73 Å². The number of anilines is 1. The number of likely N-dealkylation sites (tertiary alicyclic amines) is 1. The van der Waals surface area contributed by atoms with Crippen LogP contribution in [0, 0.1) is 0 Å². The number of amides is 1. The summed E-state index contributed by atoms with van der Waals surface area (Å²) < 4.78 is 32.7. The van der Waals surface area contributed by atoms with E-state index in [0.29, 0.717) is 51.3 Å². The molecule has 0 atom stereocenters. The molecule has 4 N–H and O–H groups in total. The number of hydrogen-bond acceptors (Lipinski definition) is 6. The Bertz CT molecular complexity index is 993. The molecule has 1 aliphatic rings. The summed E-state index contributed by atoms with van der Waals surface area (Å²) in [5.41, 5.74) is 8.11. The largest absolute Gasteiger partial charge is 0.446 e. The molecule has 2 aromatic carbocycles. The lowest BCUT2D eigenvalue weighted by Gasteiger charge is -2.31. The van der Waals surface area contributed by atoms with Gasteiger partial charge < -0.3 is 15.4 Å². The van der Waals surface area contributed by atoms with Crippen molar-refractivity contribution in [3.05, 3.63) is 54.6 Å². The molecule has 0 radical (unpaired) electrons. The summed E-state index contributed by atoms with van der Waals surface area (Å²) in [5.74, 6) is 0.0756. The maximum absolute atomic E-state index is 12.5. The van der Waals surface area contributed by atoms with E-state index in [1.54, 1.807) is 0 Å². The number of carbonyl (C=O) groups excluding carboxylic acids is 1. The number of hydrogen-bond donors (Lipinski definition) is 3. The van der Waals surface area contributed by atoms with Crippen LogP contribution in [0.2, 0.25) is 0 Å². The molecule has 0 unspecified atom stereocenters. The zero-order valence-electron chi connectivity index (χ0n) is 19.6. The van der Waals surface area contributed by atoms with E-state index in [1.807, 2.05) is 54.6 Å². The van der Waals surface area contributed by atoms with Crippen molar-refractivity contribution in [2.75, 3.05) is 43.8 Å². The van der Waals surface area contributed by atoms with Gasteiger partial charge in [-0.2, -0.15) is 0 Å². The van der Waals surface area contributed by atoms with E-state index in [9.17, 15) is 13.2 Å². The van der Waals surface area contributed by atoms with Crippen molar-refractivity contribution >= 4 is 21.8 Å². The van der Waals surface area contributed by atoms with Crippen LogP contribution in [0.5, 0.6) is 0 Å². The van der Waals surface area contributed by atoms with E-state index in [4.69, 9.17) is 10.5 Å². The molecule has 0 bridgehead atoms. The number of nitrogens with zero attached hydrogens (tertiary/aromatic N) is 1. The second-order valence-electron chi connectivity index (χ2n) is 8.55. The number of ether oxygens (including phenoxy) is 1. The summed E-state index contributed by atoms with van der Waals surface area (Å²) in [5, 5.41) is 2.88. The highest BCUT2D eigenvalue weighted by molar-refractivity contribution is 7.89. The number of unbranched alkanes of at least 4 members (excludes halogenated alkanes) is 2. The van der Waals surface area contributed by atoms with Crippen LogP contribution in [-0.2, 0) is 14.8 Å². The highest BCUT2D eigenvalue weighted by Crippen LogP contribution is 2.28. The highest BCUT2D eigenvalue weighted by atomic mass is 32.2. The lowest BCUT2D eigenvalue weighted by atomic mass is 10.0. The minimum absolute atomic E-state index is 0.0756. The van der Waals surface area contributed by atoms with Crippen LogP contribution in [0.25, 0.3) is 11.1 Å². The van der Waals surface area contributed by atoms with Gasteiger partial charge in [-0.15, -0.1) is 0 Å². The first-order valence-electron chi connectivity index (χ1n) is 12.0. The molecule has 0 aromatic heterocycles. The predicted molar refractivity (Wildman–Crippen MR) is 136 cm³/mol. The normalized spacial score (nSPS) is 15.2. The van der Waals surface area contributed by atoms with Gasteiger partial charge in [0.2, 0.25) is 10.0 Å². The van der Waals surface area contributed by atoms with Crippen LogP contribution in [0.4, 0.5) is 10.5 Å². The predicted octanol–water partition coefficient (Wildman–Crippen LogP) is 3.41. The van der Waals surface area contributed by atoms with Gasteiger partial charge in [0, 0.05) is 31.7 Å². The highest BCUT2D eigenvalue weighted by Gasteiger charge is 2.24. The van der Waals surface area contributed by atoms with E-state index < -0.39 is 16.1 Å². The van der Waals surface area contributed by atoms with Crippen molar-refractivity contribution in [3.8, 4) is 11.1 Å². The Morgan fingerprint density at radius 1 is 1.00 bits per heavy atom. The monoisotopic (exact) mass is 488 g/mol. The second kappa shape index (κ2) is 13.4. The van der Waals surface area contributed by atoms with Crippen LogP contribution in [0.1, 0.15) is 32.1 Å². The summed E-state index contributed by atoms with van der Waals surface area (Å²) in [7, 11) is -3.28. The van der Waals surface area contributed by atoms with Gasteiger partial charge in [0.25, 0.3) is 0 Å². The minimum atomic E-state index is -3.28. The number of sulfonamides is 1. The van der Waals surface area contributed by atoms with Crippen molar-refractivity contribution in [3.63, 3.8) is 0 Å². The number of nitrogens with two attached hydrogens (primary N) is 1. The molecule has 0 saturated carbocycles. The average Bonchev–Trinajstić information content (AvgIpc) is 2.84. The molecule has 1 fully saturated rings. The lowest BCUT2D eigenvalue weighted by Crippen LogP contribution is -2.42. The maximum atomic E-state index is 12.5. The molecule has 1 saturated heterocycles. The smallest absolute Gasteiger partial charge is 0.411 e. The molecule has 2 aromatic rings.